The monoisotopic (exact) mass is 404 g/mol. The standard InChI is InChI=1S/C23H38N4O2/c1-6-18(4)19-7-9-20(10-8-19)23(17(2)3)25-15-22(29)27-13-11-26(12-14-27)16-21(28)24-5/h7-10,17-18,23,25H,6,11-16H2,1-5H3,(H,24,28)/p+2/t18-,23-/m0/s1. The van der Waals surface area contributed by atoms with E-state index in [1.807, 2.05) is 4.90 Å². The Hall–Kier alpha value is -1.92. The van der Waals surface area contributed by atoms with Crippen LogP contribution < -0.4 is 15.5 Å². The van der Waals surface area contributed by atoms with Crippen LogP contribution in [0.5, 0.6) is 0 Å². The summed E-state index contributed by atoms with van der Waals surface area (Å²) in [4.78, 5) is 27.5. The van der Waals surface area contributed by atoms with Crippen molar-refractivity contribution in [1.29, 1.82) is 0 Å². The van der Waals surface area contributed by atoms with Crippen molar-refractivity contribution in [3.63, 3.8) is 0 Å². The van der Waals surface area contributed by atoms with Crippen LogP contribution in [0.25, 0.3) is 0 Å². The molecule has 2 rings (SSSR count). The van der Waals surface area contributed by atoms with Crippen LogP contribution in [0.1, 0.15) is 57.2 Å². The van der Waals surface area contributed by atoms with Crippen molar-refractivity contribution in [1.82, 2.24) is 10.2 Å². The third-order valence-electron chi connectivity index (χ3n) is 6.28. The molecule has 0 saturated carbocycles. The first-order valence-corrected chi connectivity index (χ1v) is 11.1. The molecule has 1 heterocycles. The van der Waals surface area contributed by atoms with Gasteiger partial charge in [-0.2, -0.15) is 0 Å². The third kappa shape index (κ3) is 6.82. The lowest BCUT2D eigenvalue weighted by molar-refractivity contribution is -0.896. The Labute approximate surface area is 176 Å². The molecule has 0 unspecified atom stereocenters. The maximum absolute atomic E-state index is 12.7. The van der Waals surface area contributed by atoms with Crippen LogP contribution in [-0.4, -0.2) is 63.0 Å². The Morgan fingerprint density at radius 3 is 2.21 bits per heavy atom. The van der Waals surface area contributed by atoms with E-state index in [-0.39, 0.29) is 17.9 Å². The van der Waals surface area contributed by atoms with Gasteiger partial charge in [0.2, 0.25) is 0 Å². The zero-order valence-electron chi connectivity index (χ0n) is 18.8. The van der Waals surface area contributed by atoms with Crippen molar-refractivity contribution in [3.05, 3.63) is 35.4 Å². The summed E-state index contributed by atoms with van der Waals surface area (Å²) in [7, 11) is 1.67. The molecule has 2 amide bonds. The Balaban J connectivity index is 1.87. The Morgan fingerprint density at radius 2 is 1.69 bits per heavy atom. The van der Waals surface area contributed by atoms with Crippen molar-refractivity contribution < 1.29 is 19.8 Å². The second-order valence-corrected chi connectivity index (χ2v) is 8.67. The van der Waals surface area contributed by atoms with Gasteiger partial charge in [-0.1, -0.05) is 52.0 Å². The lowest BCUT2D eigenvalue weighted by atomic mass is 9.92. The summed E-state index contributed by atoms with van der Waals surface area (Å²) in [6, 6.07) is 9.22. The molecule has 0 bridgehead atoms. The van der Waals surface area contributed by atoms with Crippen molar-refractivity contribution in [2.75, 3.05) is 46.3 Å². The van der Waals surface area contributed by atoms with Crippen LogP contribution in [0.2, 0.25) is 0 Å². The number of nitrogens with two attached hydrogens (primary N) is 1. The second kappa shape index (κ2) is 11.3. The molecular weight excluding hydrogens is 364 g/mol. The summed E-state index contributed by atoms with van der Waals surface area (Å²) >= 11 is 0. The number of hydrogen-bond acceptors (Lipinski definition) is 2. The molecule has 29 heavy (non-hydrogen) atoms. The third-order valence-corrected chi connectivity index (χ3v) is 6.28. The van der Waals surface area contributed by atoms with Crippen LogP contribution in [-0.2, 0) is 9.59 Å². The first-order chi connectivity index (χ1) is 13.8. The fourth-order valence-electron chi connectivity index (χ4n) is 4.00. The van der Waals surface area contributed by atoms with Gasteiger partial charge in [-0.3, -0.25) is 9.59 Å². The number of piperazine rings is 1. The molecule has 4 N–H and O–H groups in total. The summed E-state index contributed by atoms with van der Waals surface area (Å²) in [6.07, 6.45) is 1.14. The van der Waals surface area contributed by atoms with Crippen molar-refractivity contribution in [3.8, 4) is 0 Å². The van der Waals surface area contributed by atoms with Crippen molar-refractivity contribution in [2.45, 2.75) is 46.1 Å². The predicted molar refractivity (Wildman–Crippen MR) is 116 cm³/mol. The van der Waals surface area contributed by atoms with Crippen LogP contribution in [0.4, 0.5) is 0 Å². The van der Waals surface area contributed by atoms with Gasteiger partial charge >= 0.3 is 0 Å². The minimum atomic E-state index is 0.0623. The normalized spacial score (nSPS) is 17.2. The van der Waals surface area contributed by atoms with Gasteiger partial charge in [0.05, 0.1) is 26.2 Å². The smallest absolute Gasteiger partial charge is 0.278 e. The highest BCUT2D eigenvalue weighted by atomic mass is 16.2. The maximum atomic E-state index is 12.7. The zero-order valence-corrected chi connectivity index (χ0v) is 18.8. The number of rotatable bonds is 9. The summed E-state index contributed by atoms with van der Waals surface area (Å²) < 4.78 is 0. The Kier molecular flexibility index (Phi) is 9.11. The quantitative estimate of drug-likeness (QED) is 0.539. The van der Waals surface area contributed by atoms with Gasteiger partial charge in [0.1, 0.15) is 6.04 Å². The first kappa shape index (κ1) is 23.4. The van der Waals surface area contributed by atoms with E-state index in [9.17, 15) is 9.59 Å². The van der Waals surface area contributed by atoms with Crippen LogP contribution in [0.15, 0.2) is 24.3 Å². The largest absolute Gasteiger partial charge is 0.354 e. The molecular formula is C23H40N4O2+2. The van der Waals surface area contributed by atoms with Crippen molar-refractivity contribution in [2.24, 2.45) is 5.92 Å². The molecule has 1 saturated heterocycles. The SMILES string of the molecule is CC[C@H](C)c1ccc([C@@H]([NH2+]CC(=O)N2CC[NH+](CC(=O)NC)CC2)C(C)C)cc1. The summed E-state index contributed by atoms with van der Waals surface area (Å²) in [5.74, 6) is 1.29. The predicted octanol–water partition coefficient (Wildman–Crippen LogP) is -0.0663. The van der Waals surface area contributed by atoms with Crippen molar-refractivity contribution >= 4 is 11.8 Å². The average molecular weight is 405 g/mol. The van der Waals surface area contributed by atoms with E-state index in [1.165, 1.54) is 16.0 Å². The number of quaternary nitrogens is 2. The molecule has 6 heteroatoms. The van der Waals surface area contributed by atoms with Crippen LogP contribution >= 0.6 is 0 Å². The van der Waals surface area contributed by atoms with E-state index < -0.39 is 0 Å². The summed E-state index contributed by atoms with van der Waals surface area (Å²) in [5.41, 5.74) is 2.67. The zero-order chi connectivity index (χ0) is 21.4. The van der Waals surface area contributed by atoms with E-state index in [4.69, 9.17) is 0 Å². The van der Waals surface area contributed by atoms with E-state index in [1.54, 1.807) is 7.05 Å². The lowest BCUT2D eigenvalue weighted by Crippen LogP contribution is -3.16. The number of nitrogens with zero attached hydrogens (tertiary/aromatic N) is 1. The van der Waals surface area contributed by atoms with Gasteiger partial charge in [-0.15, -0.1) is 0 Å². The fraction of sp³-hybridized carbons (Fsp3) is 0.652. The fourth-order valence-corrected chi connectivity index (χ4v) is 4.00. The number of benzene rings is 1. The number of amides is 2. The molecule has 6 nitrogen and oxygen atoms in total. The molecule has 2 atom stereocenters. The van der Waals surface area contributed by atoms with Gasteiger partial charge in [-0.25, -0.2) is 0 Å². The molecule has 1 aliphatic rings. The van der Waals surface area contributed by atoms with Gasteiger partial charge in [0, 0.05) is 18.5 Å². The van der Waals surface area contributed by atoms with E-state index >= 15 is 0 Å². The molecule has 0 radical (unpaired) electrons. The molecule has 162 valence electrons. The molecule has 1 fully saturated rings. The van der Waals surface area contributed by atoms with Gasteiger partial charge in [-0.05, 0) is 17.9 Å². The Morgan fingerprint density at radius 1 is 1.10 bits per heavy atom. The lowest BCUT2D eigenvalue weighted by Gasteiger charge is -2.31. The van der Waals surface area contributed by atoms with Crippen LogP contribution in [0.3, 0.4) is 0 Å². The van der Waals surface area contributed by atoms with Gasteiger partial charge in [0.25, 0.3) is 11.8 Å². The number of likely N-dealkylation sites (N-methyl/N-ethyl adjacent to an activating group) is 1. The number of carbonyl (C=O) groups is 2. The molecule has 0 aromatic heterocycles. The average Bonchev–Trinajstić information content (AvgIpc) is 2.73. The molecule has 1 aromatic carbocycles. The summed E-state index contributed by atoms with van der Waals surface area (Å²) in [5, 5.41) is 4.86. The number of nitrogens with one attached hydrogen (secondary N) is 2. The van der Waals surface area contributed by atoms with E-state index in [2.05, 4.69) is 62.6 Å². The highest BCUT2D eigenvalue weighted by molar-refractivity contribution is 5.77. The summed E-state index contributed by atoms with van der Waals surface area (Å²) in [6.45, 7) is 13.0. The molecule has 1 aliphatic heterocycles. The number of hydrogen-bond donors (Lipinski definition) is 3. The van der Waals surface area contributed by atoms with E-state index in [0.717, 1.165) is 32.6 Å². The Bertz CT molecular complexity index is 651. The first-order valence-electron chi connectivity index (χ1n) is 11.1. The second-order valence-electron chi connectivity index (χ2n) is 8.67. The molecule has 0 spiro atoms. The molecule has 0 aliphatic carbocycles. The van der Waals surface area contributed by atoms with Gasteiger partial charge < -0.3 is 20.4 Å². The maximum Gasteiger partial charge on any atom is 0.278 e. The topological polar surface area (TPSA) is 70.5 Å². The van der Waals surface area contributed by atoms with Crippen LogP contribution in [0, 0.1) is 5.92 Å². The minimum Gasteiger partial charge on any atom is -0.354 e. The highest BCUT2D eigenvalue weighted by Crippen LogP contribution is 2.23. The molecule has 1 aromatic rings. The van der Waals surface area contributed by atoms with Gasteiger partial charge in [0.15, 0.2) is 13.1 Å². The number of carbonyl (C=O) groups excluding carboxylic acids is 2. The van der Waals surface area contributed by atoms with E-state index in [0.29, 0.717) is 24.9 Å². The highest BCUT2D eigenvalue weighted by Gasteiger charge is 2.27. The minimum absolute atomic E-state index is 0.0623.